The van der Waals surface area contributed by atoms with Crippen LogP contribution in [0.1, 0.15) is 61.1 Å². The Kier molecular flexibility index (Phi) is 8.33. The average molecular weight is 505 g/mol. The van der Waals surface area contributed by atoms with Crippen molar-refractivity contribution in [3.63, 3.8) is 0 Å². The van der Waals surface area contributed by atoms with Crippen LogP contribution in [0.2, 0.25) is 0 Å². The summed E-state index contributed by atoms with van der Waals surface area (Å²) in [5.74, 6) is 0.567. The molecule has 36 heavy (non-hydrogen) atoms. The number of anilines is 3. The molecule has 2 heterocycles. The summed E-state index contributed by atoms with van der Waals surface area (Å²) in [6, 6.07) is 6.13. The second kappa shape index (κ2) is 11.5. The summed E-state index contributed by atoms with van der Waals surface area (Å²) in [5.41, 5.74) is 2.11. The molecular weight excluding hydrogens is 469 g/mol. The zero-order valence-corrected chi connectivity index (χ0v) is 20.9. The van der Waals surface area contributed by atoms with Crippen LogP contribution in [-0.4, -0.2) is 54.0 Å². The molecule has 4 rings (SSSR count). The third-order valence-corrected chi connectivity index (χ3v) is 7.20. The van der Waals surface area contributed by atoms with Gasteiger partial charge in [0, 0.05) is 37.9 Å². The Bertz CT molecular complexity index is 1050. The number of benzene rings is 1. The van der Waals surface area contributed by atoms with Gasteiger partial charge in [0.05, 0.1) is 0 Å². The van der Waals surface area contributed by atoms with E-state index in [2.05, 4.69) is 38.1 Å². The Labute approximate surface area is 210 Å². The number of amides is 1. The third kappa shape index (κ3) is 6.46. The van der Waals surface area contributed by atoms with Crippen molar-refractivity contribution in [2.45, 2.75) is 57.5 Å². The van der Waals surface area contributed by atoms with Crippen LogP contribution in [0.25, 0.3) is 0 Å². The number of hydrogen-bond acceptors (Lipinski definition) is 6. The normalized spacial score (nSPS) is 16.9. The molecule has 10 heteroatoms. The van der Waals surface area contributed by atoms with Crippen molar-refractivity contribution in [3.05, 3.63) is 41.1 Å². The Morgan fingerprint density at radius 3 is 2.58 bits per heavy atom. The van der Waals surface area contributed by atoms with Gasteiger partial charge in [-0.25, -0.2) is 4.98 Å². The van der Waals surface area contributed by atoms with E-state index in [0.717, 1.165) is 62.6 Å². The van der Waals surface area contributed by atoms with Crippen molar-refractivity contribution >= 4 is 23.4 Å². The topological polar surface area (TPSA) is 82.2 Å². The van der Waals surface area contributed by atoms with Gasteiger partial charge in [0.25, 0.3) is 0 Å². The quantitative estimate of drug-likeness (QED) is 0.414. The molecule has 0 unspecified atom stereocenters. The van der Waals surface area contributed by atoms with E-state index in [1.807, 2.05) is 13.0 Å². The van der Waals surface area contributed by atoms with Gasteiger partial charge in [0.15, 0.2) is 0 Å². The minimum absolute atomic E-state index is 0.0977. The van der Waals surface area contributed by atoms with Crippen molar-refractivity contribution in [3.8, 4) is 0 Å². The third-order valence-electron chi connectivity index (χ3n) is 7.20. The van der Waals surface area contributed by atoms with E-state index in [1.165, 1.54) is 5.56 Å². The number of nitrogens with zero attached hydrogens (tertiary/aromatic N) is 3. The van der Waals surface area contributed by atoms with Crippen LogP contribution in [0.5, 0.6) is 0 Å². The number of hydrogen-bond donors (Lipinski definition) is 3. The maximum absolute atomic E-state index is 13.6. The number of nitrogens with one attached hydrogen (secondary N) is 3. The van der Waals surface area contributed by atoms with Crippen LogP contribution in [0.4, 0.5) is 30.6 Å². The van der Waals surface area contributed by atoms with E-state index in [9.17, 15) is 18.0 Å². The van der Waals surface area contributed by atoms with Gasteiger partial charge in [0.1, 0.15) is 11.4 Å². The SMILES string of the molecule is Cc1cc(C2CCNCC2)ccc1Nc1ncc(C(F)(F)F)c(NCCCN(C)C(=O)C2CCC2)n1. The Morgan fingerprint density at radius 1 is 1.19 bits per heavy atom. The molecule has 1 amide bonds. The Balaban J connectivity index is 1.40. The molecular formula is C26H35F3N6O. The summed E-state index contributed by atoms with van der Waals surface area (Å²) in [4.78, 5) is 22.0. The van der Waals surface area contributed by atoms with Crippen molar-refractivity contribution in [1.82, 2.24) is 20.2 Å². The van der Waals surface area contributed by atoms with Gasteiger partial charge in [-0.05, 0) is 75.2 Å². The van der Waals surface area contributed by atoms with Crippen LogP contribution >= 0.6 is 0 Å². The molecule has 1 aliphatic carbocycles. The highest BCUT2D eigenvalue weighted by molar-refractivity contribution is 5.79. The summed E-state index contributed by atoms with van der Waals surface area (Å²) in [5, 5.41) is 9.25. The standard InChI is InChI=1S/C26H35F3N6O/c1-17-15-20(18-9-12-30-13-10-18)7-8-22(17)33-25-32-16-21(26(27,28)29)23(34-25)31-11-4-14-35(2)24(36)19-5-3-6-19/h7-8,15-16,18-19,30H,3-6,9-14H2,1-2H3,(H2,31,32,33,34). The predicted octanol–water partition coefficient (Wildman–Crippen LogP) is 5.07. The van der Waals surface area contributed by atoms with E-state index >= 15 is 0 Å². The zero-order valence-electron chi connectivity index (χ0n) is 20.9. The molecule has 3 N–H and O–H groups in total. The van der Waals surface area contributed by atoms with Gasteiger partial charge < -0.3 is 20.9 Å². The van der Waals surface area contributed by atoms with Gasteiger partial charge in [0.2, 0.25) is 11.9 Å². The average Bonchev–Trinajstić information content (AvgIpc) is 2.82. The molecule has 1 aliphatic heterocycles. The minimum atomic E-state index is -4.58. The molecule has 7 nitrogen and oxygen atoms in total. The van der Waals surface area contributed by atoms with Crippen molar-refractivity contribution in [2.24, 2.45) is 5.92 Å². The first-order valence-electron chi connectivity index (χ1n) is 12.7. The first-order chi connectivity index (χ1) is 17.2. The summed E-state index contributed by atoms with van der Waals surface area (Å²) >= 11 is 0. The molecule has 2 aromatic rings. The first kappa shape index (κ1) is 26.2. The molecule has 1 aromatic carbocycles. The fourth-order valence-electron chi connectivity index (χ4n) is 4.74. The number of piperidine rings is 1. The van der Waals surface area contributed by atoms with Gasteiger partial charge in [-0.1, -0.05) is 18.6 Å². The molecule has 1 saturated heterocycles. The lowest BCUT2D eigenvalue weighted by Crippen LogP contribution is -2.37. The number of carbonyl (C=O) groups is 1. The van der Waals surface area contributed by atoms with Crippen LogP contribution in [0.15, 0.2) is 24.4 Å². The molecule has 0 radical (unpaired) electrons. The van der Waals surface area contributed by atoms with Crippen LogP contribution in [0.3, 0.4) is 0 Å². The smallest absolute Gasteiger partial charge is 0.369 e. The number of aromatic nitrogens is 2. The fourth-order valence-corrected chi connectivity index (χ4v) is 4.74. The lowest BCUT2D eigenvalue weighted by molar-refractivity contribution is -0.137. The molecule has 0 bridgehead atoms. The highest BCUT2D eigenvalue weighted by Gasteiger charge is 2.35. The second-order valence-electron chi connectivity index (χ2n) is 9.85. The molecule has 2 aliphatic rings. The Morgan fingerprint density at radius 2 is 1.94 bits per heavy atom. The minimum Gasteiger partial charge on any atom is -0.369 e. The number of aryl methyl sites for hydroxylation is 1. The van der Waals surface area contributed by atoms with Crippen LogP contribution < -0.4 is 16.0 Å². The maximum atomic E-state index is 13.6. The summed E-state index contributed by atoms with van der Waals surface area (Å²) in [6.45, 7) is 4.71. The summed E-state index contributed by atoms with van der Waals surface area (Å²) in [7, 11) is 1.74. The Hall–Kier alpha value is -2.88. The van der Waals surface area contributed by atoms with E-state index in [0.29, 0.717) is 18.9 Å². The highest BCUT2D eigenvalue weighted by Crippen LogP contribution is 2.35. The fraction of sp³-hybridized carbons (Fsp3) is 0.577. The maximum Gasteiger partial charge on any atom is 0.421 e. The first-order valence-corrected chi connectivity index (χ1v) is 12.7. The van der Waals surface area contributed by atoms with Crippen LogP contribution in [-0.2, 0) is 11.0 Å². The molecule has 0 spiro atoms. The van der Waals surface area contributed by atoms with Gasteiger partial charge >= 0.3 is 6.18 Å². The predicted molar refractivity (Wildman–Crippen MR) is 134 cm³/mol. The molecule has 196 valence electrons. The molecule has 2 fully saturated rings. The monoisotopic (exact) mass is 504 g/mol. The zero-order chi connectivity index (χ0) is 25.7. The summed E-state index contributed by atoms with van der Waals surface area (Å²) < 4.78 is 40.7. The van der Waals surface area contributed by atoms with E-state index in [-0.39, 0.29) is 30.1 Å². The number of alkyl halides is 3. The van der Waals surface area contributed by atoms with Gasteiger partial charge in [-0.2, -0.15) is 18.2 Å². The van der Waals surface area contributed by atoms with Crippen molar-refractivity contribution in [1.29, 1.82) is 0 Å². The number of halogens is 3. The largest absolute Gasteiger partial charge is 0.421 e. The van der Waals surface area contributed by atoms with Crippen LogP contribution in [0, 0.1) is 12.8 Å². The highest BCUT2D eigenvalue weighted by atomic mass is 19.4. The van der Waals surface area contributed by atoms with E-state index in [4.69, 9.17) is 0 Å². The lowest BCUT2D eigenvalue weighted by atomic mass is 9.84. The second-order valence-corrected chi connectivity index (χ2v) is 9.85. The van der Waals surface area contributed by atoms with Crippen molar-refractivity contribution < 1.29 is 18.0 Å². The van der Waals surface area contributed by atoms with Gasteiger partial charge in [-0.3, -0.25) is 4.79 Å². The van der Waals surface area contributed by atoms with E-state index in [1.54, 1.807) is 11.9 Å². The number of rotatable bonds is 9. The summed E-state index contributed by atoms with van der Waals surface area (Å²) in [6.07, 6.45) is 1.85. The lowest BCUT2D eigenvalue weighted by Gasteiger charge is -2.29. The number of carbonyl (C=O) groups excluding carboxylic acids is 1. The van der Waals surface area contributed by atoms with E-state index < -0.39 is 11.7 Å². The molecule has 1 aromatic heterocycles. The molecule has 1 saturated carbocycles. The van der Waals surface area contributed by atoms with Gasteiger partial charge in [-0.15, -0.1) is 0 Å². The van der Waals surface area contributed by atoms with Crippen molar-refractivity contribution in [2.75, 3.05) is 43.9 Å². The molecule has 0 atom stereocenters.